The van der Waals surface area contributed by atoms with E-state index in [2.05, 4.69) is 10.0 Å². The van der Waals surface area contributed by atoms with Gasteiger partial charge in [0.2, 0.25) is 0 Å². The normalized spacial score (nSPS) is 11.3. The second-order valence-electron chi connectivity index (χ2n) is 4.78. The predicted molar refractivity (Wildman–Crippen MR) is 84.3 cm³/mol. The number of benzene rings is 2. The summed E-state index contributed by atoms with van der Waals surface area (Å²) < 4.78 is 5.22. The highest BCUT2D eigenvalue weighted by molar-refractivity contribution is 5.89. The monoisotopic (exact) mass is 295 g/mol. The standard InChI is InChI=1S/C17H17N3O2/c18-20-19-16(14-8-3-1-4-9-14)12-7-13-22-17(21)15-10-5-2-6-11-15/h1-6,8-11,16H,7,12-13H2. The van der Waals surface area contributed by atoms with E-state index in [4.69, 9.17) is 10.3 Å². The lowest BCUT2D eigenvalue weighted by molar-refractivity contribution is 0.0496. The minimum Gasteiger partial charge on any atom is -0.462 e. The molecule has 2 rings (SSSR count). The average Bonchev–Trinajstić information content (AvgIpc) is 2.59. The first kappa shape index (κ1) is 15.6. The fourth-order valence-electron chi connectivity index (χ4n) is 2.13. The number of ether oxygens (including phenoxy) is 1. The van der Waals surface area contributed by atoms with Crippen molar-refractivity contribution in [3.8, 4) is 0 Å². The lowest BCUT2D eigenvalue weighted by Gasteiger charge is -2.11. The second-order valence-corrected chi connectivity index (χ2v) is 4.78. The third kappa shape index (κ3) is 4.65. The van der Waals surface area contributed by atoms with E-state index < -0.39 is 0 Å². The van der Waals surface area contributed by atoms with Crippen molar-refractivity contribution < 1.29 is 9.53 Å². The van der Waals surface area contributed by atoms with Crippen molar-refractivity contribution in [1.82, 2.24) is 0 Å². The van der Waals surface area contributed by atoms with Crippen molar-refractivity contribution >= 4 is 5.97 Å². The van der Waals surface area contributed by atoms with Crippen LogP contribution in [0.1, 0.15) is 34.8 Å². The fourth-order valence-corrected chi connectivity index (χ4v) is 2.13. The molecule has 2 aromatic rings. The van der Waals surface area contributed by atoms with E-state index in [9.17, 15) is 4.79 Å². The Hall–Kier alpha value is -2.78. The van der Waals surface area contributed by atoms with Gasteiger partial charge in [-0.2, -0.15) is 0 Å². The molecule has 5 nitrogen and oxygen atoms in total. The Balaban J connectivity index is 1.82. The Labute approximate surface area is 129 Å². The van der Waals surface area contributed by atoms with Crippen molar-refractivity contribution in [2.45, 2.75) is 18.9 Å². The maximum absolute atomic E-state index is 11.8. The molecule has 0 radical (unpaired) electrons. The summed E-state index contributed by atoms with van der Waals surface area (Å²) in [4.78, 5) is 14.7. The lowest BCUT2D eigenvalue weighted by Crippen LogP contribution is -2.07. The molecule has 1 atom stereocenters. The number of carbonyl (C=O) groups is 1. The van der Waals surface area contributed by atoms with Crippen LogP contribution in [0.3, 0.4) is 0 Å². The highest BCUT2D eigenvalue weighted by Gasteiger charge is 2.10. The van der Waals surface area contributed by atoms with Gasteiger partial charge in [0.25, 0.3) is 0 Å². The number of carbonyl (C=O) groups excluding carboxylic acids is 1. The quantitative estimate of drug-likeness (QED) is 0.244. The van der Waals surface area contributed by atoms with Gasteiger partial charge in [-0.3, -0.25) is 0 Å². The van der Waals surface area contributed by atoms with Gasteiger partial charge < -0.3 is 4.74 Å². The Morgan fingerprint density at radius 2 is 1.73 bits per heavy atom. The zero-order chi connectivity index (χ0) is 15.6. The van der Waals surface area contributed by atoms with E-state index in [0.717, 1.165) is 5.56 Å². The molecule has 0 amide bonds. The van der Waals surface area contributed by atoms with Gasteiger partial charge in [-0.05, 0) is 36.1 Å². The summed E-state index contributed by atoms with van der Waals surface area (Å²) in [6.07, 6.45) is 1.27. The van der Waals surface area contributed by atoms with Crippen molar-refractivity contribution in [1.29, 1.82) is 0 Å². The lowest BCUT2D eigenvalue weighted by atomic mass is 10.0. The van der Waals surface area contributed by atoms with Crippen LogP contribution in [0.15, 0.2) is 65.8 Å². The number of hydrogen-bond acceptors (Lipinski definition) is 3. The van der Waals surface area contributed by atoms with Crippen LogP contribution in [0.4, 0.5) is 0 Å². The van der Waals surface area contributed by atoms with E-state index in [0.29, 0.717) is 25.0 Å². The minimum absolute atomic E-state index is 0.235. The number of esters is 1. The van der Waals surface area contributed by atoms with Crippen LogP contribution in [0.25, 0.3) is 10.4 Å². The molecular weight excluding hydrogens is 278 g/mol. The van der Waals surface area contributed by atoms with Gasteiger partial charge in [0.05, 0.1) is 18.2 Å². The Bertz CT molecular complexity index is 637. The molecule has 1 unspecified atom stereocenters. The molecule has 5 heteroatoms. The molecule has 0 heterocycles. The first-order valence-electron chi connectivity index (χ1n) is 7.12. The number of rotatable bonds is 7. The van der Waals surface area contributed by atoms with Gasteiger partial charge in [-0.1, -0.05) is 53.6 Å². The van der Waals surface area contributed by atoms with Gasteiger partial charge >= 0.3 is 5.97 Å². The van der Waals surface area contributed by atoms with Crippen molar-refractivity contribution in [3.05, 3.63) is 82.2 Å². The van der Waals surface area contributed by atoms with E-state index in [1.165, 1.54) is 0 Å². The van der Waals surface area contributed by atoms with Crippen LogP contribution < -0.4 is 0 Å². The smallest absolute Gasteiger partial charge is 0.338 e. The average molecular weight is 295 g/mol. The highest BCUT2D eigenvalue weighted by Crippen LogP contribution is 2.22. The summed E-state index contributed by atoms with van der Waals surface area (Å²) >= 11 is 0. The molecule has 0 bridgehead atoms. The van der Waals surface area contributed by atoms with Gasteiger partial charge in [-0.25, -0.2) is 4.79 Å². The molecule has 0 saturated carbocycles. The minimum atomic E-state index is -0.333. The van der Waals surface area contributed by atoms with Crippen LogP contribution >= 0.6 is 0 Å². The second kappa shape index (κ2) is 8.49. The molecule has 112 valence electrons. The van der Waals surface area contributed by atoms with E-state index in [-0.39, 0.29) is 12.0 Å². The van der Waals surface area contributed by atoms with Crippen LogP contribution in [0.2, 0.25) is 0 Å². The highest BCUT2D eigenvalue weighted by atomic mass is 16.5. The number of nitrogens with zero attached hydrogens (tertiary/aromatic N) is 3. The maximum Gasteiger partial charge on any atom is 0.338 e. The molecule has 0 aromatic heterocycles. The van der Waals surface area contributed by atoms with Gasteiger partial charge in [0.1, 0.15) is 0 Å². The molecule has 0 fully saturated rings. The summed E-state index contributed by atoms with van der Waals surface area (Å²) in [6.45, 7) is 0.304. The summed E-state index contributed by atoms with van der Waals surface area (Å²) in [5.74, 6) is -0.333. The molecular formula is C17H17N3O2. The molecule has 0 aliphatic rings. The third-order valence-electron chi connectivity index (χ3n) is 3.24. The zero-order valence-electron chi connectivity index (χ0n) is 12.1. The van der Waals surface area contributed by atoms with Crippen LogP contribution in [0.5, 0.6) is 0 Å². The van der Waals surface area contributed by atoms with Gasteiger partial charge in [0, 0.05) is 4.91 Å². The van der Waals surface area contributed by atoms with Crippen LogP contribution in [0, 0.1) is 0 Å². The zero-order valence-corrected chi connectivity index (χ0v) is 12.1. The summed E-state index contributed by atoms with van der Waals surface area (Å²) in [5.41, 5.74) is 10.2. The Kier molecular flexibility index (Phi) is 6.03. The molecule has 0 spiro atoms. The third-order valence-corrected chi connectivity index (χ3v) is 3.24. The SMILES string of the molecule is [N-]=[N+]=NC(CCCOC(=O)c1ccccc1)c1ccccc1. The molecule has 22 heavy (non-hydrogen) atoms. The van der Waals surface area contributed by atoms with Crippen molar-refractivity contribution in [2.24, 2.45) is 5.11 Å². The predicted octanol–water partition coefficient (Wildman–Crippen LogP) is 4.68. The van der Waals surface area contributed by atoms with E-state index in [1.807, 2.05) is 36.4 Å². The molecule has 0 N–H and O–H groups in total. The Morgan fingerprint density at radius 3 is 2.36 bits per heavy atom. The fraction of sp³-hybridized carbons (Fsp3) is 0.235. The van der Waals surface area contributed by atoms with Gasteiger partial charge in [-0.15, -0.1) is 0 Å². The topological polar surface area (TPSA) is 75.1 Å². The molecule has 0 aliphatic heterocycles. The maximum atomic E-state index is 11.8. The summed E-state index contributed by atoms with van der Waals surface area (Å²) in [6, 6.07) is 18.2. The largest absolute Gasteiger partial charge is 0.462 e. The first-order chi connectivity index (χ1) is 10.8. The van der Waals surface area contributed by atoms with Crippen LogP contribution in [-0.4, -0.2) is 12.6 Å². The van der Waals surface area contributed by atoms with E-state index in [1.54, 1.807) is 24.3 Å². The molecule has 0 aliphatic carbocycles. The molecule has 0 saturated heterocycles. The number of azide groups is 1. The van der Waals surface area contributed by atoms with Crippen molar-refractivity contribution in [3.63, 3.8) is 0 Å². The summed E-state index contributed by atoms with van der Waals surface area (Å²) in [7, 11) is 0. The first-order valence-corrected chi connectivity index (χ1v) is 7.12. The van der Waals surface area contributed by atoms with Crippen LogP contribution in [-0.2, 0) is 4.74 Å². The molecule has 2 aromatic carbocycles. The van der Waals surface area contributed by atoms with Crippen molar-refractivity contribution in [2.75, 3.05) is 6.61 Å². The number of hydrogen-bond donors (Lipinski definition) is 0. The Morgan fingerprint density at radius 1 is 1.09 bits per heavy atom. The summed E-state index contributed by atoms with van der Waals surface area (Å²) in [5, 5.41) is 3.81. The van der Waals surface area contributed by atoms with E-state index >= 15 is 0 Å². The van der Waals surface area contributed by atoms with Gasteiger partial charge in [0.15, 0.2) is 0 Å².